The van der Waals surface area contributed by atoms with Gasteiger partial charge in [-0.05, 0) is 24.6 Å². The topological polar surface area (TPSA) is 90.0 Å². The van der Waals surface area contributed by atoms with Crippen LogP contribution in [0.25, 0.3) is 0 Å². The van der Waals surface area contributed by atoms with Crippen molar-refractivity contribution in [3.63, 3.8) is 0 Å². The van der Waals surface area contributed by atoms with Crippen molar-refractivity contribution >= 4 is 21.4 Å². The lowest BCUT2D eigenvalue weighted by Gasteiger charge is -2.09. The van der Waals surface area contributed by atoms with E-state index in [0.29, 0.717) is 0 Å². The number of sulfonamides is 1. The van der Waals surface area contributed by atoms with Crippen molar-refractivity contribution in [3.05, 3.63) is 35.9 Å². The number of aromatic nitrogens is 2. The summed E-state index contributed by atoms with van der Waals surface area (Å²) in [5.74, 6) is -0.814. The molecule has 1 aromatic carbocycles. The number of aryl methyl sites for hydroxylation is 2. The van der Waals surface area contributed by atoms with Crippen LogP contribution >= 0.6 is 0 Å². The molecule has 1 heterocycles. The van der Waals surface area contributed by atoms with E-state index in [1.54, 1.807) is 7.05 Å². The van der Waals surface area contributed by atoms with Crippen molar-refractivity contribution < 1.29 is 12.8 Å². The van der Waals surface area contributed by atoms with E-state index in [2.05, 4.69) is 9.82 Å². The normalized spacial score (nSPS) is 11.5. The van der Waals surface area contributed by atoms with E-state index in [1.807, 2.05) is 0 Å². The monoisotopic (exact) mass is 284 g/mol. The quantitative estimate of drug-likeness (QED) is 0.830. The van der Waals surface area contributed by atoms with E-state index in [-0.39, 0.29) is 16.9 Å². The lowest BCUT2D eigenvalue weighted by Crippen LogP contribution is -2.15. The Labute approximate surface area is 110 Å². The van der Waals surface area contributed by atoms with Gasteiger partial charge in [0, 0.05) is 18.9 Å². The van der Waals surface area contributed by atoms with Gasteiger partial charge < -0.3 is 5.73 Å². The highest BCUT2D eigenvalue weighted by atomic mass is 32.2. The fraction of sp³-hybridized carbons (Fsp3) is 0.182. The number of benzene rings is 1. The first-order chi connectivity index (χ1) is 8.79. The van der Waals surface area contributed by atoms with Gasteiger partial charge >= 0.3 is 0 Å². The highest BCUT2D eigenvalue weighted by Gasteiger charge is 2.21. The summed E-state index contributed by atoms with van der Waals surface area (Å²) in [5, 5.41) is 3.82. The minimum Gasteiger partial charge on any atom is -0.399 e. The van der Waals surface area contributed by atoms with Crippen LogP contribution in [0.4, 0.5) is 15.8 Å². The fourth-order valence-electron chi connectivity index (χ4n) is 1.64. The third kappa shape index (κ3) is 2.68. The number of anilines is 2. The highest BCUT2D eigenvalue weighted by molar-refractivity contribution is 7.92. The summed E-state index contributed by atoms with van der Waals surface area (Å²) in [5.41, 5.74) is 6.16. The molecule has 0 saturated carbocycles. The van der Waals surface area contributed by atoms with Crippen molar-refractivity contribution in [2.45, 2.75) is 11.8 Å². The summed E-state index contributed by atoms with van der Waals surface area (Å²) >= 11 is 0. The second-order valence-electron chi connectivity index (χ2n) is 4.16. The molecule has 0 aliphatic rings. The zero-order valence-electron chi connectivity index (χ0n) is 10.4. The van der Waals surface area contributed by atoms with Gasteiger partial charge in [0.25, 0.3) is 10.0 Å². The van der Waals surface area contributed by atoms with Gasteiger partial charge in [-0.25, -0.2) is 12.8 Å². The Balaban J connectivity index is 2.45. The second-order valence-corrected chi connectivity index (χ2v) is 5.81. The molecule has 0 unspecified atom stereocenters. The summed E-state index contributed by atoms with van der Waals surface area (Å²) in [6.45, 7) is 1.45. The Hall–Kier alpha value is -2.09. The van der Waals surface area contributed by atoms with Crippen molar-refractivity contribution in [2.24, 2.45) is 7.05 Å². The molecule has 19 heavy (non-hydrogen) atoms. The predicted octanol–water partition coefficient (Wildman–Crippen LogP) is 1.25. The van der Waals surface area contributed by atoms with Crippen LogP contribution in [0.5, 0.6) is 0 Å². The van der Waals surface area contributed by atoms with Crippen molar-refractivity contribution in [1.82, 2.24) is 9.78 Å². The Morgan fingerprint density at radius 3 is 2.68 bits per heavy atom. The summed E-state index contributed by atoms with van der Waals surface area (Å²) in [6, 6.07) is 2.46. The highest BCUT2D eigenvalue weighted by Crippen LogP contribution is 2.23. The third-order valence-electron chi connectivity index (χ3n) is 2.49. The molecule has 2 aromatic rings. The molecule has 102 valence electrons. The van der Waals surface area contributed by atoms with Crippen LogP contribution in [-0.4, -0.2) is 18.2 Å². The van der Waals surface area contributed by atoms with Crippen LogP contribution in [0, 0.1) is 12.7 Å². The number of nitrogens with zero attached hydrogens (tertiary/aromatic N) is 2. The minimum absolute atomic E-state index is 0.173. The van der Waals surface area contributed by atoms with E-state index in [0.717, 1.165) is 6.07 Å². The molecule has 0 radical (unpaired) electrons. The lowest BCUT2D eigenvalue weighted by atomic mass is 10.2. The van der Waals surface area contributed by atoms with Crippen molar-refractivity contribution in [3.8, 4) is 0 Å². The molecule has 8 heteroatoms. The predicted molar refractivity (Wildman–Crippen MR) is 69.6 cm³/mol. The smallest absolute Gasteiger partial charge is 0.265 e. The van der Waals surface area contributed by atoms with Gasteiger partial charge in [0.05, 0.1) is 11.9 Å². The Bertz CT molecular complexity index is 724. The van der Waals surface area contributed by atoms with E-state index < -0.39 is 20.7 Å². The molecular weight excluding hydrogens is 271 g/mol. The summed E-state index contributed by atoms with van der Waals surface area (Å²) in [4.78, 5) is -0.478. The molecule has 0 fully saturated rings. The summed E-state index contributed by atoms with van der Waals surface area (Å²) in [7, 11) is -2.39. The first kappa shape index (κ1) is 13.3. The molecule has 0 atom stereocenters. The number of hydrogen-bond donors (Lipinski definition) is 2. The molecule has 0 bridgehead atoms. The lowest BCUT2D eigenvalue weighted by molar-refractivity contribution is 0.565. The van der Waals surface area contributed by atoms with Gasteiger partial charge in [-0.15, -0.1) is 0 Å². The average Bonchev–Trinajstić information content (AvgIpc) is 2.68. The maximum absolute atomic E-state index is 13.9. The first-order valence-electron chi connectivity index (χ1n) is 5.36. The Morgan fingerprint density at radius 2 is 2.11 bits per heavy atom. The van der Waals surface area contributed by atoms with Crippen LogP contribution in [0.3, 0.4) is 0 Å². The zero-order chi connectivity index (χ0) is 14.2. The van der Waals surface area contributed by atoms with Crippen molar-refractivity contribution in [2.75, 3.05) is 10.5 Å². The van der Waals surface area contributed by atoms with Crippen molar-refractivity contribution in [1.29, 1.82) is 0 Å². The van der Waals surface area contributed by atoms with Crippen LogP contribution in [0.15, 0.2) is 29.4 Å². The molecule has 0 spiro atoms. The number of nitrogen functional groups attached to an aromatic ring is 1. The standard InChI is InChI=1S/C11H13FN4O2S/c1-7-3-8(13)4-10(11(7)12)19(17,18)15-9-5-14-16(2)6-9/h3-6,15H,13H2,1-2H3. The molecule has 0 saturated heterocycles. The third-order valence-corrected chi connectivity index (χ3v) is 3.87. The first-order valence-corrected chi connectivity index (χ1v) is 6.85. The molecule has 0 aliphatic heterocycles. The summed E-state index contributed by atoms with van der Waals surface area (Å²) in [6.07, 6.45) is 2.79. The van der Waals surface area contributed by atoms with E-state index in [4.69, 9.17) is 5.73 Å². The minimum atomic E-state index is -4.03. The number of rotatable bonds is 3. The van der Waals surface area contributed by atoms with Crippen LogP contribution in [-0.2, 0) is 17.1 Å². The van der Waals surface area contributed by atoms with Gasteiger partial charge in [-0.1, -0.05) is 0 Å². The molecule has 1 aromatic heterocycles. The van der Waals surface area contributed by atoms with Gasteiger partial charge in [-0.2, -0.15) is 5.10 Å². The molecule has 0 aliphatic carbocycles. The fourth-order valence-corrected chi connectivity index (χ4v) is 2.86. The zero-order valence-corrected chi connectivity index (χ0v) is 11.2. The SMILES string of the molecule is Cc1cc(N)cc(S(=O)(=O)Nc2cnn(C)c2)c1F. The number of nitrogens with two attached hydrogens (primary N) is 1. The Morgan fingerprint density at radius 1 is 1.42 bits per heavy atom. The largest absolute Gasteiger partial charge is 0.399 e. The number of nitrogens with one attached hydrogen (secondary N) is 1. The maximum atomic E-state index is 13.9. The van der Waals surface area contributed by atoms with Gasteiger partial charge in [0.2, 0.25) is 0 Å². The number of halogens is 1. The van der Waals surface area contributed by atoms with Gasteiger partial charge in [0.1, 0.15) is 10.7 Å². The van der Waals surface area contributed by atoms with E-state index in [1.165, 1.54) is 30.1 Å². The second kappa shape index (κ2) is 4.54. The van der Waals surface area contributed by atoms with Gasteiger partial charge in [-0.3, -0.25) is 9.40 Å². The molecular formula is C11H13FN4O2S. The van der Waals surface area contributed by atoms with Gasteiger partial charge in [0.15, 0.2) is 0 Å². The van der Waals surface area contributed by atoms with Crippen LogP contribution in [0.2, 0.25) is 0 Å². The number of hydrogen-bond acceptors (Lipinski definition) is 4. The molecule has 3 N–H and O–H groups in total. The average molecular weight is 284 g/mol. The van der Waals surface area contributed by atoms with E-state index >= 15 is 0 Å². The molecule has 6 nitrogen and oxygen atoms in total. The molecule has 2 rings (SSSR count). The maximum Gasteiger partial charge on any atom is 0.265 e. The van der Waals surface area contributed by atoms with Crippen LogP contribution < -0.4 is 10.5 Å². The van der Waals surface area contributed by atoms with E-state index in [9.17, 15) is 12.8 Å². The molecule has 0 amide bonds. The summed E-state index contributed by atoms with van der Waals surface area (Å²) < 4.78 is 41.7. The van der Waals surface area contributed by atoms with Crippen LogP contribution in [0.1, 0.15) is 5.56 Å². The Kier molecular flexibility index (Phi) is 3.19.